The monoisotopic (exact) mass is 209 g/mol. The molecular weight excluding hydrogens is 198 g/mol. The first kappa shape index (κ1) is 11.0. The van der Waals surface area contributed by atoms with E-state index >= 15 is 0 Å². The van der Waals surface area contributed by atoms with E-state index in [0.717, 1.165) is 10.9 Å². The summed E-state index contributed by atoms with van der Waals surface area (Å²) in [6.07, 6.45) is 1.40. The Labute approximate surface area is 89.2 Å². The molecule has 0 aliphatic carbocycles. The van der Waals surface area contributed by atoms with Crippen LogP contribution in [0.15, 0.2) is 42.6 Å². The molecule has 1 heterocycles. The number of aliphatic hydroxyl groups is 1. The van der Waals surface area contributed by atoms with Crippen LogP contribution in [-0.4, -0.2) is 5.11 Å². The van der Waals surface area contributed by atoms with E-state index in [4.69, 9.17) is 0 Å². The van der Waals surface area contributed by atoms with Crippen molar-refractivity contribution >= 4 is 10.9 Å². The highest BCUT2D eigenvalue weighted by Crippen LogP contribution is 2.09. The molecule has 2 rings (SSSR count). The fourth-order valence-corrected chi connectivity index (χ4v) is 1.51. The molecule has 0 amide bonds. The lowest BCUT2D eigenvalue weighted by atomic mass is 10.2. The van der Waals surface area contributed by atoms with Gasteiger partial charge >= 0.3 is 0 Å². The summed E-state index contributed by atoms with van der Waals surface area (Å²) >= 11 is 0. The highest BCUT2D eigenvalue weighted by atomic mass is 35.5. The Bertz CT molecular complexity index is 423. The average molecular weight is 210 g/mol. The number of pyridine rings is 1. The number of fused-ring (bicyclic) bond motifs is 1. The molecule has 0 spiro atoms. The molecule has 2 nitrogen and oxygen atoms in total. The first-order valence-corrected chi connectivity index (χ1v) is 4.36. The molecule has 1 unspecified atom stereocenters. The third-order valence-corrected chi connectivity index (χ3v) is 2.14. The molecule has 1 aromatic heterocycles. The number of hydrogen-bond donors (Lipinski definition) is 1. The topological polar surface area (TPSA) is 24.1 Å². The fourth-order valence-electron chi connectivity index (χ4n) is 1.51. The van der Waals surface area contributed by atoms with E-state index in [1.807, 2.05) is 47.2 Å². The number of aliphatic hydroxyl groups excluding tert-OH is 1. The number of para-hydroxylation sites is 1. The summed E-state index contributed by atoms with van der Waals surface area (Å²) in [5, 5.41) is 10.6. The van der Waals surface area contributed by atoms with E-state index in [1.165, 1.54) is 0 Å². The van der Waals surface area contributed by atoms with Crippen LogP contribution in [0.1, 0.15) is 13.2 Å². The molecule has 2 aromatic rings. The lowest BCUT2D eigenvalue weighted by Crippen LogP contribution is -3.00. The van der Waals surface area contributed by atoms with Crippen LogP contribution in [0.2, 0.25) is 0 Å². The molecular formula is C11H12ClNO. The number of rotatable bonds is 1. The lowest BCUT2D eigenvalue weighted by molar-refractivity contribution is -0.733. The Kier molecular flexibility index (Phi) is 3.44. The second-order valence-corrected chi connectivity index (χ2v) is 3.11. The van der Waals surface area contributed by atoms with Crippen molar-refractivity contribution in [2.24, 2.45) is 0 Å². The Morgan fingerprint density at radius 1 is 1.14 bits per heavy atom. The van der Waals surface area contributed by atoms with Crippen molar-refractivity contribution in [1.82, 2.24) is 0 Å². The summed E-state index contributed by atoms with van der Waals surface area (Å²) < 4.78 is 1.84. The van der Waals surface area contributed by atoms with Gasteiger partial charge in [-0.15, -0.1) is 0 Å². The van der Waals surface area contributed by atoms with E-state index in [0.29, 0.717) is 0 Å². The molecule has 14 heavy (non-hydrogen) atoms. The maximum atomic E-state index is 9.48. The second-order valence-electron chi connectivity index (χ2n) is 3.11. The van der Waals surface area contributed by atoms with Crippen molar-refractivity contribution < 1.29 is 22.1 Å². The summed E-state index contributed by atoms with van der Waals surface area (Å²) in [6.45, 7) is 1.76. The van der Waals surface area contributed by atoms with Gasteiger partial charge in [0.1, 0.15) is 0 Å². The second kappa shape index (κ2) is 4.40. The zero-order chi connectivity index (χ0) is 9.26. The van der Waals surface area contributed by atoms with Crippen LogP contribution in [-0.2, 0) is 0 Å². The summed E-state index contributed by atoms with van der Waals surface area (Å²) in [7, 11) is 0. The maximum absolute atomic E-state index is 9.48. The standard InChI is InChI=1S/C11H12NO.ClH/c1-9(13)12-8-4-6-10-5-2-3-7-11(10)12;/h2-9,13H,1H3;1H/q+1;/p-1. The minimum atomic E-state index is -0.480. The van der Waals surface area contributed by atoms with Crippen molar-refractivity contribution in [2.45, 2.75) is 13.2 Å². The molecule has 0 fully saturated rings. The summed E-state index contributed by atoms with van der Waals surface area (Å²) in [4.78, 5) is 0. The van der Waals surface area contributed by atoms with Crippen molar-refractivity contribution in [3.8, 4) is 0 Å². The maximum Gasteiger partial charge on any atom is 0.257 e. The molecule has 0 aliphatic rings. The third-order valence-electron chi connectivity index (χ3n) is 2.14. The summed E-state index contributed by atoms with van der Waals surface area (Å²) in [6, 6.07) is 12.0. The molecule has 0 saturated carbocycles. The Hall–Kier alpha value is -1.12. The molecule has 0 saturated heterocycles. The Balaban J connectivity index is 0.000000980. The van der Waals surface area contributed by atoms with E-state index < -0.39 is 6.23 Å². The van der Waals surface area contributed by atoms with E-state index in [1.54, 1.807) is 6.92 Å². The molecule has 1 atom stereocenters. The molecule has 74 valence electrons. The van der Waals surface area contributed by atoms with Crippen molar-refractivity contribution in [3.05, 3.63) is 42.6 Å². The minimum Gasteiger partial charge on any atom is -1.00 e. The van der Waals surface area contributed by atoms with E-state index in [9.17, 15) is 5.11 Å². The molecule has 1 aromatic carbocycles. The van der Waals surface area contributed by atoms with E-state index in [-0.39, 0.29) is 12.4 Å². The number of nitrogens with zero attached hydrogens (tertiary/aromatic N) is 1. The minimum absolute atomic E-state index is 0. The average Bonchev–Trinajstić information content (AvgIpc) is 2.17. The van der Waals surface area contributed by atoms with Gasteiger partial charge in [0.25, 0.3) is 6.23 Å². The predicted octanol–water partition coefficient (Wildman–Crippen LogP) is -1.36. The molecule has 1 N–H and O–H groups in total. The van der Waals surface area contributed by atoms with Crippen LogP contribution in [0.3, 0.4) is 0 Å². The van der Waals surface area contributed by atoms with Gasteiger partial charge in [-0.3, -0.25) is 0 Å². The zero-order valence-electron chi connectivity index (χ0n) is 7.89. The van der Waals surface area contributed by atoms with Gasteiger partial charge in [0, 0.05) is 24.4 Å². The first-order valence-electron chi connectivity index (χ1n) is 4.36. The van der Waals surface area contributed by atoms with Gasteiger partial charge in [0.2, 0.25) is 5.52 Å². The van der Waals surface area contributed by atoms with Crippen LogP contribution < -0.4 is 17.0 Å². The van der Waals surface area contributed by atoms with Crippen molar-refractivity contribution in [1.29, 1.82) is 0 Å². The van der Waals surface area contributed by atoms with Crippen LogP contribution in [0.25, 0.3) is 10.9 Å². The summed E-state index contributed by atoms with van der Waals surface area (Å²) in [5.74, 6) is 0. The number of benzene rings is 1. The zero-order valence-corrected chi connectivity index (χ0v) is 8.65. The van der Waals surface area contributed by atoms with Gasteiger partial charge in [-0.2, -0.15) is 4.57 Å². The molecule has 0 aliphatic heterocycles. The Morgan fingerprint density at radius 2 is 1.79 bits per heavy atom. The molecule has 0 bridgehead atoms. The van der Waals surface area contributed by atoms with Gasteiger partial charge in [-0.1, -0.05) is 12.1 Å². The van der Waals surface area contributed by atoms with Crippen molar-refractivity contribution in [3.63, 3.8) is 0 Å². The number of aromatic nitrogens is 1. The van der Waals surface area contributed by atoms with Gasteiger partial charge in [0.15, 0.2) is 6.20 Å². The molecule has 0 radical (unpaired) electrons. The predicted molar refractivity (Wildman–Crippen MR) is 51.1 cm³/mol. The summed E-state index contributed by atoms with van der Waals surface area (Å²) in [5.41, 5.74) is 1.06. The third kappa shape index (κ3) is 1.86. The van der Waals surface area contributed by atoms with Crippen LogP contribution in [0, 0.1) is 0 Å². The fraction of sp³-hybridized carbons (Fsp3) is 0.182. The van der Waals surface area contributed by atoms with Gasteiger partial charge in [0.05, 0.1) is 0 Å². The number of halogens is 1. The normalized spacial score (nSPS) is 12.1. The lowest BCUT2D eigenvalue weighted by Gasteiger charge is -2.02. The van der Waals surface area contributed by atoms with Gasteiger partial charge in [-0.25, -0.2) is 0 Å². The first-order chi connectivity index (χ1) is 6.29. The highest BCUT2D eigenvalue weighted by Gasteiger charge is 2.11. The smallest absolute Gasteiger partial charge is 0.257 e. The van der Waals surface area contributed by atoms with Gasteiger partial charge < -0.3 is 17.5 Å². The van der Waals surface area contributed by atoms with E-state index in [2.05, 4.69) is 0 Å². The number of hydrogen-bond acceptors (Lipinski definition) is 1. The quantitative estimate of drug-likeness (QED) is 0.577. The van der Waals surface area contributed by atoms with Gasteiger partial charge in [-0.05, 0) is 12.1 Å². The largest absolute Gasteiger partial charge is 1.00 e. The van der Waals surface area contributed by atoms with Crippen LogP contribution in [0.4, 0.5) is 0 Å². The van der Waals surface area contributed by atoms with Crippen LogP contribution >= 0.6 is 0 Å². The highest BCUT2D eigenvalue weighted by molar-refractivity contribution is 5.74. The SMILES string of the molecule is CC(O)[n+]1cccc2ccccc21.[Cl-]. The molecule has 3 heteroatoms. The van der Waals surface area contributed by atoms with Crippen LogP contribution in [0.5, 0.6) is 0 Å². The Morgan fingerprint density at radius 3 is 2.50 bits per heavy atom. The van der Waals surface area contributed by atoms with Crippen molar-refractivity contribution in [2.75, 3.05) is 0 Å².